The van der Waals surface area contributed by atoms with E-state index in [4.69, 9.17) is 11.6 Å². The zero-order valence-corrected chi connectivity index (χ0v) is 13.4. The molecule has 4 nitrogen and oxygen atoms in total. The van der Waals surface area contributed by atoms with Crippen molar-refractivity contribution < 1.29 is 4.79 Å². The predicted octanol–water partition coefficient (Wildman–Crippen LogP) is 4.19. The number of aromatic nitrogens is 2. The van der Waals surface area contributed by atoms with E-state index in [9.17, 15) is 4.79 Å². The summed E-state index contributed by atoms with van der Waals surface area (Å²) >= 11 is 9.35. The molecule has 0 fully saturated rings. The first-order chi connectivity index (χ1) is 9.51. The molecule has 0 amide bonds. The van der Waals surface area contributed by atoms with E-state index >= 15 is 0 Å². The Kier molecular flexibility index (Phi) is 4.73. The quantitative estimate of drug-likeness (QED) is 0.661. The average molecular weight is 355 g/mol. The van der Waals surface area contributed by atoms with E-state index in [0.717, 1.165) is 10.0 Å². The second-order valence-electron chi connectivity index (χ2n) is 4.36. The standard InChI is InChI=1S/C14H13BrClN3O/c1-8(10-3-5-11(15)6-4-10)17-14-12(7-20)13(16)18-9(2)19-14/h3-8H,1-2H3,(H,17,18,19). The lowest BCUT2D eigenvalue weighted by molar-refractivity contribution is 0.112. The second-order valence-corrected chi connectivity index (χ2v) is 5.63. The molecule has 1 atom stereocenters. The van der Waals surface area contributed by atoms with E-state index in [1.807, 2.05) is 31.2 Å². The zero-order chi connectivity index (χ0) is 14.7. The number of rotatable bonds is 4. The number of anilines is 1. The molecule has 0 aliphatic heterocycles. The Hall–Kier alpha value is -1.46. The van der Waals surface area contributed by atoms with Crippen molar-refractivity contribution in [2.75, 3.05) is 5.32 Å². The fraction of sp³-hybridized carbons (Fsp3) is 0.214. The van der Waals surface area contributed by atoms with Gasteiger partial charge in [-0.1, -0.05) is 39.7 Å². The second kappa shape index (κ2) is 6.33. The molecule has 0 saturated heterocycles. The average Bonchev–Trinajstić information content (AvgIpc) is 2.39. The molecule has 0 aliphatic carbocycles. The Balaban J connectivity index is 2.29. The van der Waals surface area contributed by atoms with Crippen LogP contribution in [0.4, 0.5) is 5.82 Å². The van der Waals surface area contributed by atoms with E-state index in [-0.39, 0.29) is 16.8 Å². The Labute approximate surface area is 130 Å². The number of carbonyl (C=O) groups is 1. The van der Waals surface area contributed by atoms with Gasteiger partial charge in [-0.25, -0.2) is 9.97 Å². The molecule has 1 aromatic carbocycles. The van der Waals surface area contributed by atoms with Crippen molar-refractivity contribution in [2.45, 2.75) is 19.9 Å². The molecule has 1 N–H and O–H groups in total. The molecular weight excluding hydrogens is 342 g/mol. The van der Waals surface area contributed by atoms with Gasteiger partial charge in [0.15, 0.2) is 6.29 Å². The maximum absolute atomic E-state index is 11.1. The SMILES string of the molecule is Cc1nc(Cl)c(C=O)c(NC(C)c2ccc(Br)cc2)n1. The summed E-state index contributed by atoms with van der Waals surface area (Å²) < 4.78 is 1.02. The molecule has 2 aromatic rings. The van der Waals surface area contributed by atoms with Crippen LogP contribution in [0.2, 0.25) is 5.15 Å². The summed E-state index contributed by atoms with van der Waals surface area (Å²) in [6.45, 7) is 3.72. The molecule has 0 spiro atoms. The van der Waals surface area contributed by atoms with Crippen LogP contribution in [0.25, 0.3) is 0 Å². The van der Waals surface area contributed by atoms with E-state index in [0.29, 0.717) is 17.9 Å². The van der Waals surface area contributed by atoms with E-state index in [1.54, 1.807) is 6.92 Å². The van der Waals surface area contributed by atoms with Crippen molar-refractivity contribution in [3.05, 3.63) is 50.8 Å². The molecular formula is C14H13BrClN3O. The first-order valence-corrected chi connectivity index (χ1v) is 7.19. The van der Waals surface area contributed by atoms with Crippen LogP contribution in [-0.4, -0.2) is 16.3 Å². The largest absolute Gasteiger partial charge is 0.363 e. The van der Waals surface area contributed by atoms with E-state index in [2.05, 4.69) is 31.2 Å². The first kappa shape index (κ1) is 14.9. The van der Waals surface area contributed by atoms with Crippen LogP contribution in [0.1, 0.15) is 34.7 Å². The van der Waals surface area contributed by atoms with E-state index in [1.165, 1.54) is 0 Å². The number of benzene rings is 1. The minimum Gasteiger partial charge on any atom is -0.363 e. The number of nitrogens with one attached hydrogen (secondary N) is 1. The summed E-state index contributed by atoms with van der Waals surface area (Å²) in [6, 6.07) is 7.92. The lowest BCUT2D eigenvalue weighted by Gasteiger charge is -2.17. The third-order valence-corrected chi connectivity index (χ3v) is 3.67. The van der Waals surface area contributed by atoms with Crippen molar-refractivity contribution in [3.63, 3.8) is 0 Å². The van der Waals surface area contributed by atoms with Crippen molar-refractivity contribution in [1.82, 2.24) is 9.97 Å². The number of hydrogen-bond donors (Lipinski definition) is 1. The van der Waals surface area contributed by atoms with E-state index < -0.39 is 0 Å². The molecule has 104 valence electrons. The molecule has 1 unspecified atom stereocenters. The predicted molar refractivity (Wildman–Crippen MR) is 83.3 cm³/mol. The molecule has 0 saturated carbocycles. The van der Waals surface area contributed by atoms with Gasteiger partial charge in [-0.05, 0) is 31.5 Å². The van der Waals surface area contributed by atoms with Gasteiger partial charge in [0.05, 0.1) is 5.56 Å². The zero-order valence-electron chi connectivity index (χ0n) is 11.0. The minimum atomic E-state index is -0.00725. The highest BCUT2D eigenvalue weighted by atomic mass is 79.9. The molecule has 0 aliphatic rings. The molecule has 0 bridgehead atoms. The Bertz CT molecular complexity index is 631. The fourth-order valence-corrected chi connectivity index (χ4v) is 2.32. The fourth-order valence-electron chi connectivity index (χ4n) is 1.80. The van der Waals surface area contributed by atoms with Gasteiger partial charge in [-0.15, -0.1) is 0 Å². The highest BCUT2D eigenvalue weighted by molar-refractivity contribution is 9.10. The number of carbonyl (C=O) groups excluding carboxylic acids is 1. The molecule has 6 heteroatoms. The van der Waals surface area contributed by atoms with Crippen LogP contribution in [-0.2, 0) is 0 Å². The Morgan fingerprint density at radius 3 is 2.55 bits per heavy atom. The van der Waals surface area contributed by atoms with Crippen molar-refractivity contribution in [3.8, 4) is 0 Å². The van der Waals surface area contributed by atoms with Crippen LogP contribution in [0.3, 0.4) is 0 Å². The topological polar surface area (TPSA) is 54.9 Å². The molecule has 2 rings (SSSR count). The van der Waals surface area contributed by atoms with Crippen LogP contribution in [0.5, 0.6) is 0 Å². The summed E-state index contributed by atoms with van der Waals surface area (Å²) in [4.78, 5) is 19.3. The van der Waals surface area contributed by atoms with Gasteiger partial charge in [0.25, 0.3) is 0 Å². The maximum atomic E-state index is 11.1. The summed E-state index contributed by atoms with van der Waals surface area (Å²) in [5.74, 6) is 0.971. The summed E-state index contributed by atoms with van der Waals surface area (Å²) in [5, 5.41) is 3.36. The Morgan fingerprint density at radius 1 is 1.30 bits per heavy atom. The number of aldehydes is 1. The number of aryl methyl sites for hydroxylation is 1. The molecule has 0 radical (unpaired) electrons. The van der Waals surface area contributed by atoms with Crippen molar-refractivity contribution >= 4 is 39.6 Å². The molecule has 1 heterocycles. The summed E-state index contributed by atoms with van der Waals surface area (Å²) in [6.07, 6.45) is 0.665. The van der Waals surface area contributed by atoms with Gasteiger partial charge in [0.2, 0.25) is 0 Å². The number of halogens is 2. The molecule has 1 aromatic heterocycles. The Morgan fingerprint density at radius 2 is 1.95 bits per heavy atom. The summed E-state index contributed by atoms with van der Waals surface area (Å²) in [5.41, 5.74) is 1.36. The lowest BCUT2D eigenvalue weighted by Crippen LogP contribution is -2.11. The highest BCUT2D eigenvalue weighted by Gasteiger charge is 2.14. The van der Waals surface area contributed by atoms with Gasteiger partial charge in [-0.2, -0.15) is 0 Å². The van der Waals surface area contributed by atoms with Crippen molar-refractivity contribution in [1.29, 1.82) is 0 Å². The van der Waals surface area contributed by atoms with Crippen molar-refractivity contribution in [2.24, 2.45) is 0 Å². The normalized spacial score (nSPS) is 12.0. The van der Waals surface area contributed by atoms with Gasteiger partial charge in [0.1, 0.15) is 16.8 Å². The van der Waals surface area contributed by atoms with Crippen LogP contribution >= 0.6 is 27.5 Å². The third kappa shape index (κ3) is 3.35. The monoisotopic (exact) mass is 353 g/mol. The van der Waals surface area contributed by atoms with Gasteiger partial charge < -0.3 is 5.32 Å². The first-order valence-electron chi connectivity index (χ1n) is 6.02. The highest BCUT2D eigenvalue weighted by Crippen LogP contribution is 2.24. The van der Waals surface area contributed by atoms with Gasteiger partial charge in [0, 0.05) is 10.5 Å². The smallest absolute Gasteiger partial charge is 0.156 e. The third-order valence-electron chi connectivity index (χ3n) is 2.85. The molecule has 20 heavy (non-hydrogen) atoms. The van der Waals surface area contributed by atoms with Crippen LogP contribution < -0.4 is 5.32 Å². The lowest BCUT2D eigenvalue weighted by atomic mass is 10.1. The summed E-state index contributed by atoms with van der Waals surface area (Å²) in [7, 11) is 0. The number of nitrogens with zero attached hydrogens (tertiary/aromatic N) is 2. The van der Waals surface area contributed by atoms with Crippen LogP contribution in [0.15, 0.2) is 28.7 Å². The number of hydrogen-bond acceptors (Lipinski definition) is 4. The maximum Gasteiger partial charge on any atom is 0.156 e. The van der Waals surface area contributed by atoms with Gasteiger partial charge in [-0.3, -0.25) is 4.79 Å². The van der Waals surface area contributed by atoms with Gasteiger partial charge >= 0.3 is 0 Å². The minimum absolute atomic E-state index is 0.00725. The van der Waals surface area contributed by atoms with Crippen LogP contribution in [0, 0.1) is 6.92 Å².